The van der Waals surface area contributed by atoms with E-state index in [-0.39, 0.29) is 18.1 Å². The molecule has 1 rings (SSSR count). The molecule has 2 N–H and O–H groups in total. The van der Waals surface area contributed by atoms with E-state index in [1.54, 1.807) is 65.8 Å². The number of ether oxygens (including phenoxy) is 2. The number of carbonyl (C=O) groups excluding carboxylic acids is 3. The first-order chi connectivity index (χ1) is 12.0. The minimum Gasteiger partial charge on any atom is -0.462 e. The molecule has 0 radical (unpaired) electrons. The lowest BCUT2D eigenvalue weighted by Crippen LogP contribution is -2.48. The Labute approximate surface area is 154 Å². The van der Waals surface area contributed by atoms with Gasteiger partial charge in [0.1, 0.15) is 11.6 Å². The number of nitrogens with one attached hydrogen (secondary N) is 2. The van der Waals surface area contributed by atoms with E-state index in [1.807, 2.05) is 0 Å². The van der Waals surface area contributed by atoms with Crippen molar-refractivity contribution in [3.63, 3.8) is 0 Å². The van der Waals surface area contributed by atoms with Gasteiger partial charge in [0.15, 0.2) is 0 Å². The van der Waals surface area contributed by atoms with Gasteiger partial charge in [-0.3, -0.25) is 4.79 Å². The fraction of sp³-hybridized carbons (Fsp3) is 0.526. The first-order valence-corrected chi connectivity index (χ1v) is 8.61. The molecular formula is C19H28N2O5. The van der Waals surface area contributed by atoms with Crippen LogP contribution >= 0.6 is 0 Å². The summed E-state index contributed by atoms with van der Waals surface area (Å²) in [4.78, 5) is 36.7. The summed E-state index contributed by atoms with van der Waals surface area (Å²) >= 11 is 0. The van der Waals surface area contributed by atoms with Gasteiger partial charge in [-0.15, -0.1) is 0 Å². The standard InChI is InChI=1S/C19H28N2O5/c1-7-25-17(23)13-10-8-9-11-14(13)20-16(22)15(12(2)3)21-18(24)26-19(4,5)6/h8-12,15H,7H2,1-6H3,(H,20,22)(H,21,24). The fourth-order valence-electron chi connectivity index (χ4n) is 2.16. The van der Waals surface area contributed by atoms with E-state index in [0.29, 0.717) is 5.69 Å². The second-order valence-electron chi connectivity index (χ2n) is 7.12. The van der Waals surface area contributed by atoms with E-state index in [9.17, 15) is 14.4 Å². The Morgan fingerprint density at radius 3 is 2.27 bits per heavy atom. The number of carbonyl (C=O) groups is 3. The zero-order valence-electron chi connectivity index (χ0n) is 16.2. The molecule has 0 aliphatic rings. The third-order valence-electron chi connectivity index (χ3n) is 3.30. The number of para-hydroxylation sites is 1. The molecule has 0 spiro atoms. The molecule has 1 unspecified atom stereocenters. The topological polar surface area (TPSA) is 93.7 Å². The van der Waals surface area contributed by atoms with Gasteiger partial charge in [-0.2, -0.15) is 0 Å². The number of alkyl carbamates (subject to hydrolysis) is 1. The Balaban J connectivity index is 2.92. The Hall–Kier alpha value is -2.57. The van der Waals surface area contributed by atoms with Gasteiger partial charge in [0.2, 0.25) is 5.91 Å². The van der Waals surface area contributed by atoms with Crippen LogP contribution in [0.5, 0.6) is 0 Å². The lowest BCUT2D eigenvalue weighted by molar-refractivity contribution is -0.119. The van der Waals surface area contributed by atoms with Crippen LogP contribution in [0, 0.1) is 5.92 Å². The van der Waals surface area contributed by atoms with Gasteiger partial charge in [-0.1, -0.05) is 26.0 Å². The van der Waals surface area contributed by atoms with Crippen molar-refractivity contribution in [3.8, 4) is 0 Å². The summed E-state index contributed by atoms with van der Waals surface area (Å²) in [5.74, 6) is -1.15. The van der Waals surface area contributed by atoms with Crippen LogP contribution in [0.3, 0.4) is 0 Å². The minimum absolute atomic E-state index is 0.183. The molecule has 0 aliphatic heterocycles. The van der Waals surface area contributed by atoms with Gasteiger partial charge < -0.3 is 20.1 Å². The molecule has 1 atom stereocenters. The molecule has 1 aromatic carbocycles. The molecule has 0 aliphatic carbocycles. The first kappa shape index (κ1) is 21.5. The SMILES string of the molecule is CCOC(=O)c1ccccc1NC(=O)C(NC(=O)OC(C)(C)C)C(C)C. The second-order valence-corrected chi connectivity index (χ2v) is 7.12. The maximum atomic E-state index is 12.7. The average molecular weight is 364 g/mol. The summed E-state index contributed by atoms with van der Waals surface area (Å²) in [6, 6.07) is 5.74. The van der Waals surface area contributed by atoms with Crippen LogP contribution in [0.1, 0.15) is 51.9 Å². The van der Waals surface area contributed by atoms with Crippen molar-refractivity contribution >= 4 is 23.7 Å². The second kappa shape index (κ2) is 9.22. The number of hydrogen-bond donors (Lipinski definition) is 2. The van der Waals surface area contributed by atoms with Gasteiger partial charge in [0.05, 0.1) is 17.9 Å². The van der Waals surface area contributed by atoms with E-state index in [2.05, 4.69) is 10.6 Å². The predicted molar refractivity (Wildman–Crippen MR) is 99.0 cm³/mol. The van der Waals surface area contributed by atoms with Crippen molar-refractivity contribution in [1.82, 2.24) is 5.32 Å². The van der Waals surface area contributed by atoms with Gasteiger partial charge in [0, 0.05) is 0 Å². The molecule has 7 nitrogen and oxygen atoms in total. The lowest BCUT2D eigenvalue weighted by Gasteiger charge is -2.25. The normalized spacial score (nSPS) is 12.3. The monoisotopic (exact) mass is 364 g/mol. The molecule has 2 amide bonds. The van der Waals surface area contributed by atoms with Gasteiger partial charge >= 0.3 is 12.1 Å². The molecule has 0 fully saturated rings. The van der Waals surface area contributed by atoms with Crippen molar-refractivity contribution in [3.05, 3.63) is 29.8 Å². The molecule has 26 heavy (non-hydrogen) atoms. The van der Waals surface area contributed by atoms with Crippen molar-refractivity contribution in [2.24, 2.45) is 5.92 Å². The summed E-state index contributed by atoms with van der Waals surface area (Å²) in [6.07, 6.45) is -0.676. The summed E-state index contributed by atoms with van der Waals surface area (Å²) in [6.45, 7) is 10.8. The van der Waals surface area contributed by atoms with Crippen LogP contribution in [-0.2, 0) is 14.3 Å². The van der Waals surface area contributed by atoms with E-state index in [4.69, 9.17) is 9.47 Å². The van der Waals surface area contributed by atoms with Crippen LogP contribution in [-0.4, -0.2) is 36.2 Å². The zero-order chi connectivity index (χ0) is 19.9. The van der Waals surface area contributed by atoms with Crippen LogP contribution in [0.4, 0.5) is 10.5 Å². The smallest absolute Gasteiger partial charge is 0.408 e. The van der Waals surface area contributed by atoms with Gasteiger partial charge in [-0.25, -0.2) is 9.59 Å². The molecule has 0 bridgehead atoms. The highest BCUT2D eigenvalue weighted by Gasteiger charge is 2.27. The highest BCUT2D eigenvalue weighted by atomic mass is 16.6. The maximum Gasteiger partial charge on any atom is 0.408 e. The average Bonchev–Trinajstić information content (AvgIpc) is 2.51. The van der Waals surface area contributed by atoms with E-state index >= 15 is 0 Å². The number of esters is 1. The minimum atomic E-state index is -0.819. The summed E-state index contributed by atoms with van der Waals surface area (Å²) in [7, 11) is 0. The number of hydrogen-bond acceptors (Lipinski definition) is 5. The summed E-state index contributed by atoms with van der Waals surface area (Å²) in [5.41, 5.74) is -0.0893. The number of anilines is 1. The zero-order valence-corrected chi connectivity index (χ0v) is 16.2. The van der Waals surface area contributed by atoms with Gasteiger partial charge in [0.25, 0.3) is 0 Å². The highest BCUT2D eigenvalue weighted by molar-refractivity contribution is 6.03. The van der Waals surface area contributed by atoms with E-state index < -0.39 is 29.6 Å². The Morgan fingerprint density at radius 1 is 1.12 bits per heavy atom. The Morgan fingerprint density at radius 2 is 1.73 bits per heavy atom. The number of amides is 2. The molecule has 0 saturated heterocycles. The highest BCUT2D eigenvalue weighted by Crippen LogP contribution is 2.18. The fourth-order valence-corrected chi connectivity index (χ4v) is 2.16. The molecule has 0 aromatic heterocycles. The molecular weight excluding hydrogens is 336 g/mol. The van der Waals surface area contributed by atoms with Gasteiger partial charge in [-0.05, 0) is 45.7 Å². The Bertz CT molecular complexity index is 650. The van der Waals surface area contributed by atoms with E-state index in [1.165, 1.54) is 0 Å². The van der Waals surface area contributed by atoms with E-state index in [0.717, 1.165) is 0 Å². The van der Waals surface area contributed by atoms with Crippen LogP contribution in [0.2, 0.25) is 0 Å². The number of benzene rings is 1. The van der Waals surface area contributed by atoms with Crippen LogP contribution in [0.25, 0.3) is 0 Å². The third kappa shape index (κ3) is 6.74. The van der Waals surface area contributed by atoms with Crippen LogP contribution in [0.15, 0.2) is 24.3 Å². The molecule has 1 aromatic rings. The van der Waals surface area contributed by atoms with Crippen molar-refractivity contribution in [2.45, 2.75) is 53.2 Å². The summed E-state index contributed by atoms with van der Waals surface area (Å²) in [5, 5.41) is 5.27. The quantitative estimate of drug-likeness (QED) is 0.755. The molecule has 7 heteroatoms. The first-order valence-electron chi connectivity index (χ1n) is 8.61. The third-order valence-corrected chi connectivity index (χ3v) is 3.30. The van der Waals surface area contributed by atoms with Crippen molar-refractivity contribution in [1.29, 1.82) is 0 Å². The molecule has 0 saturated carbocycles. The molecule has 0 heterocycles. The largest absolute Gasteiger partial charge is 0.462 e. The summed E-state index contributed by atoms with van der Waals surface area (Å²) < 4.78 is 10.2. The number of rotatable bonds is 6. The molecule has 144 valence electrons. The maximum absolute atomic E-state index is 12.7. The van der Waals surface area contributed by atoms with Crippen LogP contribution < -0.4 is 10.6 Å². The lowest BCUT2D eigenvalue weighted by atomic mass is 10.0. The van der Waals surface area contributed by atoms with Crippen molar-refractivity contribution in [2.75, 3.05) is 11.9 Å². The Kier molecular flexibility index (Phi) is 7.61. The predicted octanol–water partition coefficient (Wildman–Crippen LogP) is 3.35. The van der Waals surface area contributed by atoms with Crippen molar-refractivity contribution < 1.29 is 23.9 Å².